The van der Waals surface area contributed by atoms with Crippen LogP contribution in [0.5, 0.6) is 0 Å². The maximum absolute atomic E-state index is 3.96. The van der Waals surface area contributed by atoms with E-state index >= 15 is 0 Å². The van der Waals surface area contributed by atoms with E-state index in [1.54, 1.807) is 0 Å². The summed E-state index contributed by atoms with van der Waals surface area (Å²) in [4.78, 5) is 0. The van der Waals surface area contributed by atoms with Crippen molar-refractivity contribution in [3.8, 4) is 0 Å². The van der Waals surface area contributed by atoms with Gasteiger partial charge in [-0.2, -0.15) is 0 Å². The Balaban J connectivity index is 3.04. The second-order valence-electron chi connectivity index (χ2n) is 2.52. The van der Waals surface area contributed by atoms with Crippen LogP contribution < -0.4 is 0 Å². The monoisotopic (exact) mass is 335 g/mol. The van der Waals surface area contributed by atoms with Crippen molar-refractivity contribution in [3.05, 3.63) is 51.4 Å². The van der Waals surface area contributed by atoms with Gasteiger partial charge in [-0.15, -0.1) is 6.58 Å². The van der Waals surface area contributed by atoms with E-state index in [2.05, 4.69) is 70.2 Å². The molecule has 0 spiro atoms. The van der Waals surface area contributed by atoms with Crippen molar-refractivity contribution >= 4 is 38.5 Å². The van der Waals surface area contributed by atoms with E-state index < -0.39 is 0 Å². The molecule has 1 aromatic rings. The Morgan fingerprint density at radius 2 is 2.17 bits per heavy atom. The predicted octanol–water partition coefficient (Wildman–Crippen LogP) is 4.16. The lowest BCUT2D eigenvalue weighted by Gasteiger charge is -2.06. The molecular weight excluding hydrogens is 327 g/mol. The van der Waals surface area contributed by atoms with Gasteiger partial charge in [-0.25, -0.2) is 0 Å². The van der Waals surface area contributed by atoms with Gasteiger partial charge < -0.3 is 0 Å². The molecule has 0 heterocycles. The van der Waals surface area contributed by atoms with E-state index in [0.29, 0.717) is 0 Å². The highest BCUT2D eigenvalue weighted by molar-refractivity contribution is 14.1. The number of rotatable bonds is 2. The van der Waals surface area contributed by atoms with E-state index in [0.717, 1.165) is 4.47 Å². The van der Waals surface area contributed by atoms with Crippen molar-refractivity contribution in [2.75, 3.05) is 0 Å². The Kier molecular flexibility index (Phi) is 3.77. The lowest BCUT2D eigenvalue weighted by atomic mass is 10.0. The van der Waals surface area contributed by atoms with Crippen LogP contribution in [-0.2, 0) is 0 Å². The molecule has 63 valence electrons. The average molecular weight is 336 g/mol. The molecule has 1 unspecified atom stereocenters. The molecule has 0 saturated heterocycles. The number of benzene rings is 1. The fourth-order valence-corrected chi connectivity index (χ4v) is 1.61. The van der Waals surface area contributed by atoms with Crippen LogP contribution >= 0.6 is 38.5 Å². The van der Waals surface area contributed by atoms with Gasteiger partial charge in [0.2, 0.25) is 0 Å². The van der Waals surface area contributed by atoms with E-state index in [1.807, 2.05) is 6.08 Å². The molecule has 0 amide bonds. The summed E-state index contributed by atoms with van der Waals surface area (Å²) >= 11 is 5.76. The molecule has 2 heteroatoms. The second kappa shape index (κ2) is 4.42. The summed E-state index contributed by atoms with van der Waals surface area (Å²) in [5.41, 5.74) is 1.19. The molecule has 0 aliphatic rings. The Hall–Kier alpha value is 0.170. The standard InChI is InChI=1S/C10H9BrI/c1-3-7(2)8-4-5-10(12)9(11)6-8/h3-7H,1-2H2. The van der Waals surface area contributed by atoms with Crippen molar-refractivity contribution in [2.45, 2.75) is 5.92 Å². The van der Waals surface area contributed by atoms with Crippen LogP contribution in [-0.4, -0.2) is 0 Å². The zero-order valence-electron chi connectivity index (χ0n) is 6.56. The first-order valence-electron chi connectivity index (χ1n) is 3.55. The maximum Gasteiger partial charge on any atom is 0.0311 e. The van der Waals surface area contributed by atoms with Gasteiger partial charge in [0, 0.05) is 14.0 Å². The Morgan fingerprint density at radius 3 is 2.67 bits per heavy atom. The summed E-state index contributed by atoms with van der Waals surface area (Å²) in [5, 5.41) is 0. The predicted molar refractivity (Wildman–Crippen MR) is 65.2 cm³/mol. The summed E-state index contributed by atoms with van der Waals surface area (Å²) < 4.78 is 2.34. The van der Waals surface area contributed by atoms with Gasteiger partial charge in [0.05, 0.1) is 0 Å². The molecule has 12 heavy (non-hydrogen) atoms. The van der Waals surface area contributed by atoms with Crippen LogP contribution in [0.2, 0.25) is 0 Å². The van der Waals surface area contributed by atoms with E-state index in [4.69, 9.17) is 0 Å². The van der Waals surface area contributed by atoms with Crippen LogP contribution in [0.3, 0.4) is 0 Å². The van der Waals surface area contributed by atoms with E-state index in [9.17, 15) is 0 Å². The molecular formula is C10H9BrI. The molecule has 1 atom stereocenters. The summed E-state index contributed by atoms with van der Waals surface area (Å²) in [5.74, 6) is 0.179. The number of hydrogen-bond acceptors (Lipinski definition) is 0. The van der Waals surface area contributed by atoms with Gasteiger partial charge in [-0.3, -0.25) is 0 Å². The third-order valence-electron chi connectivity index (χ3n) is 1.66. The molecule has 0 fully saturated rings. The van der Waals surface area contributed by atoms with Crippen molar-refractivity contribution in [1.29, 1.82) is 0 Å². The van der Waals surface area contributed by atoms with Crippen molar-refractivity contribution in [1.82, 2.24) is 0 Å². The highest BCUT2D eigenvalue weighted by atomic mass is 127. The van der Waals surface area contributed by atoms with Gasteiger partial charge >= 0.3 is 0 Å². The minimum absolute atomic E-state index is 0.179. The fraction of sp³-hybridized carbons (Fsp3) is 0.100. The largest absolute Gasteiger partial charge is 0.102 e. The molecule has 0 aromatic heterocycles. The van der Waals surface area contributed by atoms with E-state index in [1.165, 1.54) is 9.13 Å². The number of halogens is 2. The van der Waals surface area contributed by atoms with Gasteiger partial charge in [-0.1, -0.05) is 12.1 Å². The number of hydrogen-bond donors (Lipinski definition) is 0. The summed E-state index contributed by atoms with van der Waals surface area (Å²) in [7, 11) is 0. The average Bonchev–Trinajstić information content (AvgIpc) is 2.08. The molecule has 0 N–H and O–H groups in total. The first kappa shape index (κ1) is 10.3. The third kappa shape index (κ3) is 2.33. The fourth-order valence-electron chi connectivity index (χ4n) is 0.879. The molecule has 1 aromatic carbocycles. The van der Waals surface area contributed by atoms with Crippen LogP contribution in [0.15, 0.2) is 35.3 Å². The van der Waals surface area contributed by atoms with Gasteiger partial charge in [0.25, 0.3) is 0 Å². The first-order valence-corrected chi connectivity index (χ1v) is 5.43. The quantitative estimate of drug-likeness (QED) is 0.562. The van der Waals surface area contributed by atoms with Crippen LogP contribution in [0, 0.1) is 10.5 Å². The highest BCUT2D eigenvalue weighted by Gasteiger charge is 2.02. The molecule has 0 saturated carbocycles. The molecule has 0 bridgehead atoms. The minimum Gasteiger partial charge on any atom is -0.102 e. The van der Waals surface area contributed by atoms with Crippen LogP contribution in [0.25, 0.3) is 0 Å². The zero-order chi connectivity index (χ0) is 9.14. The SMILES string of the molecule is [CH2]C(C=C)c1ccc(I)c(Br)c1. The van der Waals surface area contributed by atoms with Gasteiger partial charge in [0.15, 0.2) is 0 Å². The lowest BCUT2D eigenvalue weighted by molar-refractivity contribution is 1.08. The van der Waals surface area contributed by atoms with E-state index in [-0.39, 0.29) is 5.92 Å². The maximum atomic E-state index is 3.96. The molecule has 0 aliphatic heterocycles. The summed E-state index contributed by atoms with van der Waals surface area (Å²) in [6.07, 6.45) is 1.84. The Labute approximate surface area is 95.3 Å². The second-order valence-corrected chi connectivity index (χ2v) is 4.53. The number of allylic oxidation sites excluding steroid dienone is 1. The van der Waals surface area contributed by atoms with Crippen LogP contribution in [0.1, 0.15) is 11.5 Å². The minimum atomic E-state index is 0.179. The molecule has 1 rings (SSSR count). The topological polar surface area (TPSA) is 0 Å². The summed E-state index contributed by atoms with van der Waals surface area (Å²) in [6.45, 7) is 7.67. The Bertz CT molecular complexity index is 294. The normalized spacial score (nSPS) is 12.6. The molecule has 1 radical (unpaired) electrons. The Morgan fingerprint density at radius 1 is 1.50 bits per heavy atom. The lowest BCUT2D eigenvalue weighted by Crippen LogP contribution is -1.89. The third-order valence-corrected chi connectivity index (χ3v) is 3.99. The smallest absolute Gasteiger partial charge is 0.0311 e. The first-order chi connectivity index (χ1) is 5.65. The summed E-state index contributed by atoms with van der Waals surface area (Å²) in [6, 6.07) is 6.23. The van der Waals surface area contributed by atoms with Crippen molar-refractivity contribution in [3.63, 3.8) is 0 Å². The van der Waals surface area contributed by atoms with Crippen molar-refractivity contribution in [2.24, 2.45) is 0 Å². The zero-order valence-corrected chi connectivity index (χ0v) is 10.3. The molecule has 0 nitrogen and oxygen atoms in total. The highest BCUT2D eigenvalue weighted by Crippen LogP contribution is 2.24. The van der Waals surface area contributed by atoms with Gasteiger partial charge in [-0.05, 0) is 63.1 Å². The molecule has 0 aliphatic carbocycles. The van der Waals surface area contributed by atoms with Crippen LogP contribution in [0.4, 0.5) is 0 Å². The van der Waals surface area contributed by atoms with Crippen molar-refractivity contribution < 1.29 is 0 Å². The van der Waals surface area contributed by atoms with Gasteiger partial charge in [0.1, 0.15) is 0 Å².